The Bertz CT molecular complexity index is 1340. The molecule has 0 saturated carbocycles. The highest BCUT2D eigenvalue weighted by atomic mass is 16.5. The first-order valence-electron chi connectivity index (χ1n) is 41.0. The number of esters is 1. The van der Waals surface area contributed by atoms with Crippen LogP contribution in [0.25, 0.3) is 0 Å². The van der Waals surface area contributed by atoms with Crippen molar-refractivity contribution in [1.29, 1.82) is 0 Å². The lowest BCUT2D eigenvalue weighted by atomic mass is 10.0. The average molecular weight is 1240 g/mol. The van der Waals surface area contributed by atoms with Crippen LogP contribution in [0.5, 0.6) is 0 Å². The van der Waals surface area contributed by atoms with Gasteiger partial charge in [0.05, 0.1) is 25.4 Å². The number of ether oxygens (including phenoxy) is 1. The lowest BCUT2D eigenvalue weighted by Gasteiger charge is -2.20. The molecule has 88 heavy (non-hydrogen) atoms. The number of hydrogen-bond donors (Lipinski definition) is 3. The van der Waals surface area contributed by atoms with Crippen LogP contribution in [-0.2, 0) is 14.3 Å². The van der Waals surface area contributed by atoms with Crippen molar-refractivity contribution in [1.82, 2.24) is 5.32 Å². The van der Waals surface area contributed by atoms with E-state index in [2.05, 4.69) is 19.2 Å². The van der Waals surface area contributed by atoms with Gasteiger partial charge in [0.25, 0.3) is 0 Å². The van der Waals surface area contributed by atoms with Crippen molar-refractivity contribution in [3.8, 4) is 0 Å². The number of carbonyl (C=O) groups is 2. The summed E-state index contributed by atoms with van der Waals surface area (Å²) in [6.07, 6.45) is 99.2. The molecule has 6 heteroatoms. The Labute approximate surface area is 552 Å². The normalized spacial score (nSPS) is 12.5. The molecule has 6 nitrogen and oxygen atoms in total. The van der Waals surface area contributed by atoms with Gasteiger partial charge in [-0.2, -0.15) is 0 Å². The fourth-order valence-electron chi connectivity index (χ4n) is 13.3. The van der Waals surface area contributed by atoms with Gasteiger partial charge in [0, 0.05) is 12.8 Å². The molecule has 0 aromatic heterocycles. The zero-order valence-corrected chi connectivity index (χ0v) is 60.3. The third kappa shape index (κ3) is 73.6. The summed E-state index contributed by atoms with van der Waals surface area (Å²) in [4.78, 5) is 24.7. The van der Waals surface area contributed by atoms with Crippen molar-refractivity contribution >= 4 is 11.9 Å². The number of aliphatic hydroxyl groups excluding tert-OH is 2. The Morgan fingerprint density at radius 2 is 0.523 bits per heavy atom. The third-order valence-electron chi connectivity index (χ3n) is 19.6. The molecule has 0 aromatic rings. The molecule has 3 N–H and O–H groups in total. The van der Waals surface area contributed by atoms with Gasteiger partial charge in [-0.15, -0.1) is 0 Å². The van der Waals surface area contributed by atoms with Gasteiger partial charge in [-0.3, -0.25) is 9.59 Å². The number of aliphatic hydroxyl groups is 2. The molecule has 0 aliphatic carbocycles. The summed E-state index contributed by atoms with van der Waals surface area (Å²) >= 11 is 0. The van der Waals surface area contributed by atoms with E-state index in [1.54, 1.807) is 6.08 Å². The lowest BCUT2D eigenvalue weighted by molar-refractivity contribution is -0.143. The summed E-state index contributed by atoms with van der Waals surface area (Å²) in [5.74, 6) is -0.0315. The summed E-state index contributed by atoms with van der Waals surface area (Å²) < 4.78 is 5.52. The van der Waals surface area contributed by atoms with Crippen molar-refractivity contribution in [3.05, 3.63) is 12.2 Å². The second-order valence-corrected chi connectivity index (χ2v) is 28.5. The van der Waals surface area contributed by atoms with Crippen LogP contribution in [0.1, 0.15) is 476 Å². The topological polar surface area (TPSA) is 95.9 Å². The molecule has 1 amide bonds. The lowest BCUT2D eigenvalue weighted by Crippen LogP contribution is -2.45. The van der Waals surface area contributed by atoms with E-state index in [1.807, 2.05) is 6.08 Å². The molecule has 0 radical (unpaired) electrons. The largest absolute Gasteiger partial charge is 0.466 e. The fraction of sp³-hybridized carbons (Fsp3) is 0.951. The van der Waals surface area contributed by atoms with E-state index >= 15 is 0 Å². The molecule has 0 spiro atoms. The van der Waals surface area contributed by atoms with Gasteiger partial charge >= 0.3 is 5.97 Å². The van der Waals surface area contributed by atoms with Gasteiger partial charge in [-0.25, -0.2) is 0 Å². The van der Waals surface area contributed by atoms with Gasteiger partial charge in [-0.1, -0.05) is 443 Å². The Morgan fingerprint density at radius 1 is 0.307 bits per heavy atom. The van der Waals surface area contributed by atoms with Crippen molar-refractivity contribution in [3.63, 3.8) is 0 Å². The Kier molecular flexibility index (Phi) is 76.8. The van der Waals surface area contributed by atoms with Crippen LogP contribution in [0.2, 0.25) is 0 Å². The highest BCUT2D eigenvalue weighted by molar-refractivity contribution is 5.76. The number of hydrogen-bond acceptors (Lipinski definition) is 5. The standard InChI is InChI=1S/C82H161NO5/c1-3-5-7-9-11-13-15-17-19-21-22-23-36-39-43-46-50-54-58-62-66-70-74-80(85)79(78-84)83-81(86)75-71-67-63-59-55-51-47-44-40-37-34-32-30-28-26-24-25-27-29-31-33-35-38-41-45-49-53-57-61-65-69-73-77-88-82(87)76-72-68-64-60-56-52-48-42-20-18-16-14-12-10-8-6-4-2/h70,74,79-80,84-85H,3-69,71-73,75-78H2,1-2H3,(H,83,86)/b74-70+. The molecule has 0 saturated heterocycles. The predicted molar refractivity (Wildman–Crippen MR) is 389 cm³/mol. The molecule has 524 valence electrons. The van der Waals surface area contributed by atoms with Gasteiger partial charge in [0.15, 0.2) is 0 Å². The van der Waals surface area contributed by atoms with Crippen LogP contribution >= 0.6 is 0 Å². The highest BCUT2D eigenvalue weighted by Crippen LogP contribution is 2.21. The van der Waals surface area contributed by atoms with Crippen molar-refractivity contribution in [2.45, 2.75) is 488 Å². The minimum Gasteiger partial charge on any atom is -0.466 e. The van der Waals surface area contributed by atoms with Gasteiger partial charge in [0.2, 0.25) is 5.91 Å². The molecule has 0 aliphatic heterocycles. The van der Waals surface area contributed by atoms with Crippen molar-refractivity contribution in [2.75, 3.05) is 13.2 Å². The summed E-state index contributed by atoms with van der Waals surface area (Å²) in [6, 6.07) is -0.625. The summed E-state index contributed by atoms with van der Waals surface area (Å²) in [7, 11) is 0. The van der Waals surface area contributed by atoms with Crippen LogP contribution in [0, 0.1) is 0 Å². The molecule has 0 heterocycles. The van der Waals surface area contributed by atoms with Crippen LogP contribution in [0.3, 0.4) is 0 Å². The van der Waals surface area contributed by atoms with E-state index < -0.39 is 12.1 Å². The van der Waals surface area contributed by atoms with Crippen molar-refractivity contribution in [2.24, 2.45) is 0 Å². The van der Waals surface area contributed by atoms with Gasteiger partial charge in [0.1, 0.15) is 0 Å². The zero-order valence-electron chi connectivity index (χ0n) is 60.3. The molecule has 0 rings (SSSR count). The van der Waals surface area contributed by atoms with E-state index in [1.165, 1.54) is 411 Å². The molecule has 2 unspecified atom stereocenters. The first-order chi connectivity index (χ1) is 43.5. The maximum absolute atomic E-state index is 12.6. The van der Waals surface area contributed by atoms with Crippen LogP contribution in [0.4, 0.5) is 0 Å². The molecular weight excluding hydrogens is 1080 g/mol. The summed E-state index contributed by atoms with van der Waals surface area (Å²) in [5, 5.41) is 23.3. The smallest absolute Gasteiger partial charge is 0.305 e. The predicted octanol–water partition coefficient (Wildman–Crippen LogP) is 27.1. The first kappa shape index (κ1) is 86.6. The van der Waals surface area contributed by atoms with E-state index in [0.29, 0.717) is 19.4 Å². The summed E-state index contributed by atoms with van der Waals surface area (Å²) in [6.45, 7) is 4.97. The highest BCUT2D eigenvalue weighted by Gasteiger charge is 2.18. The number of unbranched alkanes of at least 4 members (excludes halogenated alkanes) is 67. The van der Waals surface area contributed by atoms with Crippen LogP contribution in [0.15, 0.2) is 12.2 Å². The maximum atomic E-state index is 12.6. The van der Waals surface area contributed by atoms with E-state index in [-0.39, 0.29) is 18.5 Å². The number of carbonyl (C=O) groups excluding carboxylic acids is 2. The van der Waals surface area contributed by atoms with E-state index in [9.17, 15) is 19.8 Å². The molecule has 0 fully saturated rings. The number of amides is 1. The molecule has 0 aromatic carbocycles. The number of allylic oxidation sites excluding steroid dienone is 1. The van der Waals surface area contributed by atoms with E-state index in [4.69, 9.17) is 4.74 Å². The second-order valence-electron chi connectivity index (χ2n) is 28.5. The summed E-state index contributed by atoms with van der Waals surface area (Å²) in [5.41, 5.74) is 0. The SMILES string of the molecule is CCCCCCCCCCCCCCCCCCCCCC/C=C/C(O)C(CO)NC(=O)CCCCCCCCCCCCCCCCCCCCCCCCCCCCCCCCCCOC(=O)CCCCCCCCCCCCCCCCCCC. The monoisotopic (exact) mass is 1240 g/mol. The van der Waals surface area contributed by atoms with Crippen LogP contribution in [-0.4, -0.2) is 47.4 Å². The Hall–Kier alpha value is -1.40. The molecular formula is C82H161NO5. The molecule has 2 atom stereocenters. The quantitative estimate of drug-likeness (QED) is 0.0320. The second kappa shape index (κ2) is 78.0. The zero-order chi connectivity index (χ0) is 63.5. The number of rotatable bonds is 78. The minimum atomic E-state index is -0.842. The minimum absolute atomic E-state index is 0.0263. The number of nitrogens with one attached hydrogen (secondary N) is 1. The molecule has 0 bridgehead atoms. The third-order valence-corrected chi connectivity index (χ3v) is 19.6. The van der Waals surface area contributed by atoms with Gasteiger partial charge < -0.3 is 20.3 Å². The fourth-order valence-corrected chi connectivity index (χ4v) is 13.3. The first-order valence-corrected chi connectivity index (χ1v) is 41.0. The molecule has 0 aliphatic rings. The maximum Gasteiger partial charge on any atom is 0.305 e. The van der Waals surface area contributed by atoms with Crippen molar-refractivity contribution < 1.29 is 24.5 Å². The van der Waals surface area contributed by atoms with E-state index in [0.717, 1.165) is 38.5 Å². The Morgan fingerprint density at radius 3 is 0.773 bits per heavy atom. The van der Waals surface area contributed by atoms with Crippen LogP contribution < -0.4 is 5.32 Å². The average Bonchev–Trinajstić information content (AvgIpc) is 3.58. The van der Waals surface area contributed by atoms with Gasteiger partial charge in [-0.05, 0) is 32.1 Å². The Balaban J connectivity index is 3.33.